The molecule has 3 rings (SSSR count). The number of nitrogens with zero attached hydrogens (tertiary/aromatic N) is 4. The Morgan fingerprint density at radius 2 is 1.25 bits per heavy atom. The van der Waals surface area contributed by atoms with Crippen LogP contribution in [-0.2, 0) is 13.1 Å². The lowest BCUT2D eigenvalue weighted by atomic mass is 10.2. The lowest BCUT2D eigenvalue weighted by Crippen LogP contribution is -2.06. The lowest BCUT2D eigenvalue weighted by Gasteiger charge is -2.08. The van der Waals surface area contributed by atoms with E-state index >= 15 is 0 Å². The average Bonchev–Trinajstić information content (AvgIpc) is 3.06. The molecule has 0 atom stereocenters. The molecule has 0 fully saturated rings. The molecule has 0 aliphatic heterocycles. The molecule has 24 heavy (non-hydrogen) atoms. The molecule has 0 saturated carbocycles. The fraction of sp³-hybridized carbons (Fsp3) is 0.375. The number of aromatic nitrogens is 4. The van der Waals surface area contributed by atoms with Crippen molar-refractivity contribution in [3.05, 3.63) is 46.4 Å². The van der Waals surface area contributed by atoms with Gasteiger partial charge in [0.05, 0.1) is 11.4 Å². The highest BCUT2D eigenvalue weighted by molar-refractivity contribution is 5.47. The van der Waals surface area contributed by atoms with Gasteiger partial charge in [0.2, 0.25) is 0 Å². The van der Waals surface area contributed by atoms with Crippen LogP contribution in [0.25, 0.3) is 0 Å². The van der Waals surface area contributed by atoms with Crippen LogP contribution < -0.4 is 10.6 Å². The summed E-state index contributed by atoms with van der Waals surface area (Å²) in [7, 11) is 0. The van der Waals surface area contributed by atoms with Gasteiger partial charge in [-0.2, -0.15) is 0 Å². The van der Waals surface area contributed by atoms with Crippen LogP contribution in [0.3, 0.4) is 0 Å². The summed E-state index contributed by atoms with van der Waals surface area (Å²) < 4.78 is 10.3. The summed E-state index contributed by atoms with van der Waals surface area (Å²) >= 11 is 0. The number of rotatable bonds is 6. The Hall–Kier alpha value is -2.90. The largest absolute Gasteiger partial charge is 0.366 e. The van der Waals surface area contributed by atoms with Gasteiger partial charge in [-0.05, 0) is 27.7 Å². The van der Waals surface area contributed by atoms with E-state index in [1.165, 1.54) is 6.33 Å². The van der Waals surface area contributed by atoms with Gasteiger partial charge < -0.3 is 19.7 Å². The zero-order chi connectivity index (χ0) is 17.1. The Balaban J connectivity index is 1.64. The molecule has 0 unspecified atom stereocenters. The molecule has 8 heteroatoms. The van der Waals surface area contributed by atoms with E-state index in [2.05, 4.69) is 30.9 Å². The summed E-state index contributed by atoms with van der Waals surface area (Å²) in [5.41, 5.74) is 3.84. The third kappa shape index (κ3) is 3.37. The second-order valence-electron chi connectivity index (χ2n) is 5.60. The van der Waals surface area contributed by atoms with Crippen LogP contribution in [0.2, 0.25) is 0 Å². The molecule has 3 aromatic rings. The van der Waals surface area contributed by atoms with Crippen molar-refractivity contribution in [1.82, 2.24) is 20.3 Å². The maximum absolute atomic E-state index is 5.16. The van der Waals surface area contributed by atoms with Crippen LogP contribution in [0.15, 0.2) is 21.4 Å². The minimum Gasteiger partial charge on any atom is -0.366 e. The fourth-order valence-electron chi connectivity index (χ4n) is 2.42. The summed E-state index contributed by atoms with van der Waals surface area (Å²) in [5.74, 6) is 3.08. The van der Waals surface area contributed by atoms with Gasteiger partial charge in [0.1, 0.15) is 29.5 Å². The minimum absolute atomic E-state index is 0.599. The molecule has 2 N–H and O–H groups in total. The first kappa shape index (κ1) is 16.0. The highest BCUT2D eigenvalue weighted by Crippen LogP contribution is 2.17. The molecule has 3 aromatic heterocycles. The third-order valence-electron chi connectivity index (χ3n) is 3.92. The van der Waals surface area contributed by atoms with E-state index in [-0.39, 0.29) is 0 Å². The van der Waals surface area contributed by atoms with Crippen molar-refractivity contribution < 1.29 is 9.05 Å². The summed E-state index contributed by atoms with van der Waals surface area (Å²) in [6, 6.07) is 1.86. The molecule has 126 valence electrons. The van der Waals surface area contributed by atoms with Gasteiger partial charge in [0, 0.05) is 30.3 Å². The van der Waals surface area contributed by atoms with Crippen molar-refractivity contribution in [2.75, 3.05) is 10.6 Å². The van der Waals surface area contributed by atoms with Gasteiger partial charge in [0.15, 0.2) is 0 Å². The Labute approximate surface area is 139 Å². The molecule has 0 aliphatic rings. The zero-order valence-corrected chi connectivity index (χ0v) is 14.2. The molecular formula is C16H20N6O2. The lowest BCUT2D eigenvalue weighted by molar-refractivity contribution is 0.392. The van der Waals surface area contributed by atoms with Gasteiger partial charge in [-0.1, -0.05) is 10.3 Å². The Bertz CT molecular complexity index is 734. The maximum Gasteiger partial charge on any atom is 0.138 e. The first-order valence-corrected chi connectivity index (χ1v) is 7.68. The molecular weight excluding hydrogens is 308 g/mol. The zero-order valence-electron chi connectivity index (χ0n) is 14.2. The Kier molecular flexibility index (Phi) is 4.45. The first-order valence-electron chi connectivity index (χ1n) is 7.68. The summed E-state index contributed by atoms with van der Waals surface area (Å²) in [4.78, 5) is 8.47. The van der Waals surface area contributed by atoms with Crippen LogP contribution in [0.4, 0.5) is 11.6 Å². The Morgan fingerprint density at radius 1 is 0.792 bits per heavy atom. The van der Waals surface area contributed by atoms with E-state index in [1.807, 2.05) is 33.8 Å². The molecule has 0 saturated heterocycles. The molecule has 0 radical (unpaired) electrons. The third-order valence-corrected chi connectivity index (χ3v) is 3.92. The standard InChI is InChI=1S/C16H20N6O2/c1-9-13(11(3)23-21-9)6-17-15-5-16(20-8-19-15)18-7-14-10(2)22-24-12(14)4/h5,8H,6-7H2,1-4H3,(H2,17,18,19,20). The molecule has 0 aliphatic carbocycles. The van der Waals surface area contributed by atoms with Gasteiger partial charge in [-0.25, -0.2) is 9.97 Å². The normalized spacial score (nSPS) is 10.8. The monoisotopic (exact) mass is 328 g/mol. The number of aryl methyl sites for hydroxylation is 4. The number of nitrogens with one attached hydrogen (secondary N) is 2. The molecule has 0 amide bonds. The number of anilines is 2. The molecule has 0 bridgehead atoms. The number of hydrogen-bond donors (Lipinski definition) is 2. The minimum atomic E-state index is 0.599. The highest BCUT2D eigenvalue weighted by atomic mass is 16.5. The van der Waals surface area contributed by atoms with E-state index < -0.39 is 0 Å². The quantitative estimate of drug-likeness (QED) is 0.712. The van der Waals surface area contributed by atoms with Crippen LogP contribution in [0.5, 0.6) is 0 Å². The summed E-state index contributed by atoms with van der Waals surface area (Å²) in [5, 5.41) is 14.4. The van der Waals surface area contributed by atoms with Crippen molar-refractivity contribution in [1.29, 1.82) is 0 Å². The Morgan fingerprint density at radius 3 is 1.62 bits per heavy atom. The maximum atomic E-state index is 5.16. The van der Waals surface area contributed by atoms with Crippen molar-refractivity contribution in [2.24, 2.45) is 0 Å². The van der Waals surface area contributed by atoms with E-state index in [0.29, 0.717) is 13.1 Å². The number of hydrogen-bond acceptors (Lipinski definition) is 8. The first-order chi connectivity index (χ1) is 11.5. The van der Waals surface area contributed by atoms with E-state index in [1.54, 1.807) is 0 Å². The average molecular weight is 328 g/mol. The van der Waals surface area contributed by atoms with Crippen molar-refractivity contribution in [3.63, 3.8) is 0 Å². The fourth-order valence-corrected chi connectivity index (χ4v) is 2.42. The molecule has 8 nitrogen and oxygen atoms in total. The van der Waals surface area contributed by atoms with Gasteiger partial charge >= 0.3 is 0 Å². The van der Waals surface area contributed by atoms with Crippen LogP contribution >= 0.6 is 0 Å². The molecule has 3 heterocycles. The van der Waals surface area contributed by atoms with E-state index in [9.17, 15) is 0 Å². The van der Waals surface area contributed by atoms with E-state index in [4.69, 9.17) is 9.05 Å². The van der Waals surface area contributed by atoms with Crippen molar-refractivity contribution in [2.45, 2.75) is 40.8 Å². The highest BCUT2D eigenvalue weighted by Gasteiger charge is 2.10. The summed E-state index contributed by atoms with van der Waals surface area (Å²) in [6.45, 7) is 8.83. The SMILES string of the molecule is Cc1noc(C)c1CNc1cc(NCc2c(C)noc2C)ncn1. The molecule has 0 spiro atoms. The predicted octanol–water partition coefficient (Wildman–Crippen LogP) is 2.91. The van der Waals surface area contributed by atoms with Crippen molar-refractivity contribution in [3.8, 4) is 0 Å². The second-order valence-corrected chi connectivity index (χ2v) is 5.60. The second kappa shape index (κ2) is 6.69. The van der Waals surface area contributed by atoms with Crippen LogP contribution in [0.1, 0.15) is 34.0 Å². The van der Waals surface area contributed by atoms with E-state index in [0.717, 1.165) is 45.7 Å². The topological polar surface area (TPSA) is 102 Å². The molecule has 0 aromatic carbocycles. The van der Waals surface area contributed by atoms with Gasteiger partial charge in [0.25, 0.3) is 0 Å². The smallest absolute Gasteiger partial charge is 0.138 e. The van der Waals surface area contributed by atoms with Gasteiger partial charge in [-0.15, -0.1) is 0 Å². The van der Waals surface area contributed by atoms with Crippen molar-refractivity contribution >= 4 is 11.6 Å². The van der Waals surface area contributed by atoms with Crippen LogP contribution in [-0.4, -0.2) is 20.3 Å². The summed E-state index contributed by atoms with van der Waals surface area (Å²) in [6.07, 6.45) is 1.52. The van der Waals surface area contributed by atoms with Gasteiger partial charge in [-0.3, -0.25) is 0 Å². The van der Waals surface area contributed by atoms with Crippen LogP contribution in [0, 0.1) is 27.7 Å². The predicted molar refractivity (Wildman–Crippen MR) is 88.6 cm³/mol.